The van der Waals surface area contributed by atoms with Gasteiger partial charge in [-0.05, 0) is 28.1 Å². The lowest BCUT2D eigenvalue weighted by Crippen LogP contribution is -2.11. The largest absolute Gasteiger partial charge is 0.287 e. The highest BCUT2D eigenvalue weighted by Gasteiger charge is 2.22. The molecule has 1 aromatic carbocycles. The van der Waals surface area contributed by atoms with Crippen molar-refractivity contribution < 1.29 is 9.18 Å². The van der Waals surface area contributed by atoms with Crippen LogP contribution in [0.3, 0.4) is 0 Å². The molecule has 1 heterocycles. The summed E-state index contributed by atoms with van der Waals surface area (Å²) in [5.74, 6) is -1.10. The number of aromatic nitrogens is 2. The number of ketones is 1. The highest BCUT2D eigenvalue weighted by Crippen LogP contribution is 2.25. The van der Waals surface area contributed by atoms with E-state index >= 15 is 0 Å². The van der Waals surface area contributed by atoms with E-state index < -0.39 is 11.6 Å². The summed E-state index contributed by atoms with van der Waals surface area (Å²) in [6.07, 6.45) is 1.35. The van der Waals surface area contributed by atoms with Gasteiger partial charge in [-0.3, -0.25) is 9.48 Å². The lowest BCUT2D eigenvalue weighted by molar-refractivity contribution is 0.102. The van der Waals surface area contributed by atoms with Crippen LogP contribution in [0.5, 0.6) is 0 Å². The van der Waals surface area contributed by atoms with E-state index in [0.29, 0.717) is 4.47 Å². The first kappa shape index (κ1) is 12.3. The molecule has 0 N–H and O–H groups in total. The molecule has 2 aromatic rings. The lowest BCUT2D eigenvalue weighted by Gasteiger charge is -2.05. The van der Waals surface area contributed by atoms with E-state index in [9.17, 15) is 9.18 Å². The summed E-state index contributed by atoms with van der Waals surface area (Å²) in [6.45, 7) is 0. The zero-order chi connectivity index (χ0) is 12.6. The number of carbonyl (C=O) groups excluding carboxylic acids is 1. The number of benzene rings is 1. The molecule has 17 heavy (non-hydrogen) atoms. The molecule has 6 heteroatoms. The molecule has 0 saturated heterocycles. The van der Waals surface area contributed by atoms with Gasteiger partial charge in [0.15, 0.2) is 0 Å². The summed E-state index contributed by atoms with van der Waals surface area (Å²) in [7, 11) is 1.58. The number of halogens is 3. The second kappa shape index (κ2) is 4.58. The molecule has 0 amide bonds. The van der Waals surface area contributed by atoms with Gasteiger partial charge in [0.25, 0.3) is 0 Å². The minimum absolute atomic E-state index is 0.0435. The zero-order valence-electron chi connectivity index (χ0n) is 8.75. The molecule has 0 spiro atoms. The van der Waals surface area contributed by atoms with E-state index in [1.54, 1.807) is 13.1 Å². The molecule has 0 aliphatic heterocycles. The molecule has 1 aromatic heterocycles. The summed E-state index contributed by atoms with van der Waals surface area (Å²) in [4.78, 5) is 12.2. The van der Waals surface area contributed by atoms with Gasteiger partial charge in [0, 0.05) is 11.5 Å². The quantitative estimate of drug-likeness (QED) is 0.797. The van der Waals surface area contributed by atoms with Crippen molar-refractivity contribution in [3.8, 4) is 0 Å². The normalized spacial score (nSPS) is 10.6. The zero-order valence-corrected chi connectivity index (χ0v) is 11.1. The van der Waals surface area contributed by atoms with Crippen molar-refractivity contribution in [3.05, 3.63) is 51.0 Å². The average molecular weight is 318 g/mol. The molecule has 0 bridgehead atoms. The summed E-state index contributed by atoms with van der Waals surface area (Å²) in [6, 6.07) is 4.34. The maximum atomic E-state index is 13.6. The van der Waals surface area contributed by atoms with Gasteiger partial charge >= 0.3 is 0 Å². The first-order valence-corrected chi connectivity index (χ1v) is 5.85. The molecule has 0 saturated carbocycles. The number of carbonyl (C=O) groups is 1. The van der Waals surface area contributed by atoms with Crippen LogP contribution in [0.4, 0.5) is 4.39 Å². The fourth-order valence-electron chi connectivity index (χ4n) is 1.50. The van der Waals surface area contributed by atoms with Crippen molar-refractivity contribution in [2.45, 2.75) is 0 Å². The van der Waals surface area contributed by atoms with Gasteiger partial charge < -0.3 is 0 Å². The van der Waals surface area contributed by atoms with Gasteiger partial charge in [-0.25, -0.2) is 4.39 Å². The molecule has 0 aliphatic carbocycles. The molecule has 0 fully saturated rings. The molecule has 3 nitrogen and oxygen atoms in total. The topological polar surface area (TPSA) is 34.9 Å². The predicted molar refractivity (Wildman–Crippen MR) is 65.8 cm³/mol. The van der Waals surface area contributed by atoms with Crippen LogP contribution in [0, 0.1) is 5.82 Å². The van der Waals surface area contributed by atoms with Gasteiger partial charge in [-0.15, -0.1) is 0 Å². The third kappa shape index (κ3) is 2.12. The van der Waals surface area contributed by atoms with Gasteiger partial charge in [-0.1, -0.05) is 17.7 Å². The standard InChI is InChI=1S/C11H7BrClFN2O/c1-16-10(7(13)5-15-16)11(17)9-6(12)3-2-4-8(9)14/h2-5H,1H3. The summed E-state index contributed by atoms with van der Waals surface area (Å²) in [5, 5.41) is 4.05. The number of hydrogen-bond donors (Lipinski definition) is 0. The number of nitrogens with zero attached hydrogens (tertiary/aromatic N) is 2. The van der Waals surface area contributed by atoms with Crippen LogP contribution in [0.25, 0.3) is 0 Å². The number of hydrogen-bond acceptors (Lipinski definition) is 2. The Bertz CT molecular complexity index is 557. The van der Waals surface area contributed by atoms with Crippen molar-refractivity contribution in [1.82, 2.24) is 9.78 Å². The van der Waals surface area contributed by atoms with Crippen molar-refractivity contribution >= 4 is 33.3 Å². The maximum absolute atomic E-state index is 13.6. The Hall–Kier alpha value is -1.20. The second-order valence-electron chi connectivity index (χ2n) is 3.39. The second-order valence-corrected chi connectivity index (χ2v) is 4.65. The Morgan fingerprint density at radius 2 is 2.24 bits per heavy atom. The molecule has 0 unspecified atom stereocenters. The number of aryl methyl sites for hydroxylation is 1. The van der Waals surface area contributed by atoms with Crippen LogP contribution in [0.2, 0.25) is 5.02 Å². The summed E-state index contributed by atoms with van der Waals surface area (Å²) >= 11 is 9.00. The first-order chi connectivity index (χ1) is 8.02. The van der Waals surface area contributed by atoms with Gasteiger partial charge in [0.1, 0.15) is 11.5 Å². The average Bonchev–Trinajstić information content (AvgIpc) is 2.58. The Kier molecular flexibility index (Phi) is 3.31. The molecular formula is C11H7BrClFN2O. The molecule has 2 rings (SSSR count). The molecule has 0 radical (unpaired) electrons. The SMILES string of the molecule is Cn1ncc(Cl)c1C(=O)c1c(F)cccc1Br. The summed E-state index contributed by atoms with van der Waals surface area (Å²) in [5.41, 5.74) is 0.121. The molecular weight excluding hydrogens is 310 g/mol. The summed E-state index contributed by atoms with van der Waals surface area (Å²) < 4.78 is 15.3. The molecule has 0 atom stereocenters. The predicted octanol–water partition coefficient (Wildman–Crippen LogP) is 3.21. The molecule has 0 aliphatic rings. The van der Waals surface area contributed by atoms with E-state index in [0.717, 1.165) is 0 Å². The monoisotopic (exact) mass is 316 g/mol. The van der Waals surface area contributed by atoms with Gasteiger partial charge in [0.2, 0.25) is 5.78 Å². The van der Waals surface area contributed by atoms with E-state index in [-0.39, 0.29) is 16.3 Å². The fourth-order valence-corrected chi connectivity index (χ4v) is 2.27. The third-order valence-electron chi connectivity index (χ3n) is 2.30. The van der Waals surface area contributed by atoms with E-state index in [1.165, 1.54) is 23.0 Å². The van der Waals surface area contributed by atoms with Crippen molar-refractivity contribution in [2.24, 2.45) is 7.05 Å². The van der Waals surface area contributed by atoms with Crippen LogP contribution in [-0.4, -0.2) is 15.6 Å². The number of rotatable bonds is 2. The minimum Gasteiger partial charge on any atom is -0.287 e. The minimum atomic E-state index is -0.596. The smallest absolute Gasteiger partial charge is 0.216 e. The van der Waals surface area contributed by atoms with Crippen LogP contribution >= 0.6 is 27.5 Å². The van der Waals surface area contributed by atoms with Crippen molar-refractivity contribution in [2.75, 3.05) is 0 Å². The fraction of sp³-hybridized carbons (Fsp3) is 0.0909. The Morgan fingerprint density at radius 1 is 1.53 bits per heavy atom. The highest BCUT2D eigenvalue weighted by atomic mass is 79.9. The van der Waals surface area contributed by atoms with Crippen LogP contribution in [0.15, 0.2) is 28.9 Å². The Balaban J connectivity index is 2.59. The van der Waals surface area contributed by atoms with Crippen molar-refractivity contribution in [1.29, 1.82) is 0 Å². The van der Waals surface area contributed by atoms with Crippen LogP contribution in [0.1, 0.15) is 16.1 Å². The van der Waals surface area contributed by atoms with Gasteiger partial charge in [-0.2, -0.15) is 5.10 Å². The van der Waals surface area contributed by atoms with Crippen LogP contribution < -0.4 is 0 Å². The van der Waals surface area contributed by atoms with Crippen LogP contribution in [-0.2, 0) is 7.05 Å². The van der Waals surface area contributed by atoms with E-state index in [4.69, 9.17) is 11.6 Å². The van der Waals surface area contributed by atoms with E-state index in [2.05, 4.69) is 21.0 Å². The molecule has 88 valence electrons. The Morgan fingerprint density at radius 3 is 2.76 bits per heavy atom. The van der Waals surface area contributed by atoms with Gasteiger partial charge in [0.05, 0.1) is 16.8 Å². The van der Waals surface area contributed by atoms with Crippen molar-refractivity contribution in [3.63, 3.8) is 0 Å². The highest BCUT2D eigenvalue weighted by molar-refractivity contribution is 9.10. The van der Waals surface area contributed by atoms with E-state index in [1.807, 2.05) is 0 Å². The first-order valence-electron chi connectivity index (χ1n) is 4.68. The maximum Gasteiger partial charge on any atom is 0.216 e. The third-order valence-corrected chi connectivity index (χ3v) is 3.24. The Labute approximate surface area is 110 Å². The lowest BCUT2D eigenvalue weighted by atomic mass is 10.1.